The summed E-state index contributed by atoms with van der Waals surface area (Å²) in [7, 11) is 7.93. The van der Waals surface area contributed by atoms with Crippen molar-refractivity contribution in [2.24, 2.45) is 0 Å². The van der Waals surface area contributed by atoms with Crippen LogP contribution in [0.1, 0.15) is 69.7 Å². The van der Waals surface area contributed by atoms with Crippen LogP contribution in [0.15, 0.2) is 97.1 Å². The Labute approximate surface area is 331 Å². The van der Waals surface area contributed by atoms with Crippen molar-refractivity contribution >= 4 is 47.2 Å². The number of rotatable bonds is 12. The Morgan fingerprint density at radius 2 is 0.929 bits per heavy atom. The molecule has 10 nitrogen and oxygen atoms in total. The fourth-order valence-corrected chi connectivity index (χ4v) is 7.70. The molecule has 0 bridgehead atoms. The Kier molecular flexibility index (Phi) is 12.8. The number of carbonyl (C=O) groups is 4. The number of nitrogens with one attached hydrogen (secondary N) is 2. The highest BCUT2D eigenvalue weighted by atomic mass is 16.2. The zero-order chi connectivity index (χ0) is 39.9. The van der Waals surface area contributed by atoms with Gasteiger partial charge in [0.1, 0.15) is 12.1 Å². The molecule has 4 amide bonds. The molecular formula is C46H54N6O4. The Balaban J connectivity index is 1.06. The highest BCUT2D eigenvalue weighted by Gasteiger charge is 2.42. The van der Waals surface area contributed by atoms with Gasteiger partial charge in [-0.2, -0.15) is 0 Å². The molecule has 2 fully saturated rings. The summed E-state index contributed by atoms with van der Waals surface area (Å²) in [5, 5.41) is 6.09. The number of hydrogen-bond donors (Lipinski definition) is 2. The zero-order valence-corrected chi connectivity index (χ0v) is 33.4. The molecule has 2 aliphatic heterocycles. The van der Waals surface area contributed by atoms with Crippen molar-refractivity contribution in [3.8, 4) is 0 Å². The highest BCUT2D eigenvalue weighted by Crippen LogP contribution is 2.28. The Hall–Kier alpha value is -5.58. The zero-order valence-electron chi connectivity index (χ0n) is 33.4. The number of anilines is 2. The SMILES string of the molecule is CCc1ccccc1C(=O)N1C[C@@H](N(C)C)C[C@H]1C(=O)Nc1ccc(C=Cc2ccc(NC(=O)[C@@H]3C[C@H](N(C)C)CN3C(=O)c3ccccc3CC)cc2)cc1. The van der Waals surface area contributed by atoms with Crippen LogP contribution in [0.5, 0.6) is 0 Å². The number of amides is 4. The van der Waals surface area contributed by atoms with E-state index in [9.17, 15) is 19.2 Å². The van der Waals surface area contributed by atoms with Crippen molar-refractivity contribution in [1.29, 1.82) is 0 Å². The lowest BCUT2D eigenvalue weighted by Crippen LogP contribution is -2.43. The first-order valence-corrected chi connectivity index (χ1v) is 19.6. The van der Waals surface area contributed by atoms with Gasteiger partial charge in [0.15, 0.2) is 0 Å². The maximum Gasteiger partial charge on any atom is 0.254 e. The number of benzene rings is 4. The molecule has 6 rings (SSSR count). The summed E-state index contributed by atoms with van der Waals surface area (Å²) in [6.45, 7) is 5.05. The minimum Gasteiger partial charge on any atom is -0.325 e. The highest BCUT2D eigenvalue weighted by molar-refractivity contribution is 6.03. The van der Waals surface area contributed by atoms with Gasteiger partial charge in [0.05, 0.1) is 0 Å². The largest absolute Gasteiger partial charge is 0.325 e. The number of nitrogens with zero attached hydrogens (tertiary/aromatic N) is 4. The van der Waals surface area contributed by atoms with Gasteiger partial charge in [-0.15, -0.1) is 0 Å². The van der Waals surface area contributed by atoms with Gasteiger partial charge in [-0.25, -0.2) is 0 Å². The molecular weight excluding hydrogens is 701 g/mol. The number of aryl methyl sites for hydroxylation is 2. The molecule has 4 aromatic rings. The number of likely N-dealkylation sites (tertiary alicyclic amines) is 2. The van der Waals surface area contributed by atoms with E-state index in [1.165, 1.54) is 0 Å². The van der Waals surface area contributed by atoms with Crippen LogP contribution in [0, 0.1) is 0 Å². The topological polar surface area (TPSA) is 105 Å². The minimum atomic E-state index is -0.579. The normalized spacial score (nSPS) is 19.6. The van der Waals surface area contributed by atoms with E-state index in [1.54, 1.807) is 9.80 Å². The van der Waals surface area contributed by atoms with Gasteiger partial charge in [0.2, 0.25) is 11.8 Å². The summed E-state index contributed by atoms with van der Waals surface area (Å²) >= 11 is 0. The molecule has 0 aliphatic carbocycles. The lowest BCUT2D eigenvalue weighted by molar-refractivity contribution is -0.120. The van der Waals surface area contributed by atoms with Crippen molar-refractivity contribution in [3.05, 3.63) is 130 Å². The second-order valence-electron chi connectivity index (χ2n) is 15.2. The van der Waals surface area contributed by atoms with Crippen LogP contribution in [0.25, 0.3) is 12.2 Å². The smallest absolute Gasteiger partial charge is 0.254 e. The van der Waals surface area contributed by atoms with Crippen LogP contribution >= 0.6 is 0 Å². The summed E-state index contributed by atoms with van der Waals surface area (Å²) in [6.07, 6.45) is 6.58. The average molecular weight is 755 g/mol. The number of hydrogen-bond acceptors (Lipinski definition) is 6. The lowest BCUT2D eigenvalue weighted by atomic mass is 10.0. The van der Waals surface area contributed by atoms with Gasteiger partial charge in [-0.3, -0.25) is 19.2 Å². The molecule has 0 spiro atoms. The summed E-state index contributed by atoms with van der Waals surface area (Å²) in [4.78, 5) is 62.3. The Bertz CT molecular complexity index is 1910. The van der Waals surface area contributed by atoms with Crippen molar-refractivity contribution in [2.45, 2.75) is 63.7 Å². The third kappa shape index (κ3) is 9.09. The Morgan fingerprint density at radius 1 is 0.571 bits per heavy atom. The van der Waals surface area contributed by atoms with Crippen LogP contribution in [0.4, 0.5) is 11.4 Å². The van der Waals surface area contributed by atoms with E-state index in [1.807, 2.05) is 151 Å². The van der Waals surface area contributed by atoms with E-state index in [2.05, 4.69) is 20.4 Å². The van der Waals surface area contributed by atoms with Gasteiger partial charge in [0, 0.05) is 47.7 Å². The van der Waals surface area contributed by atoms with Crippen molar-refractivity contribution in [3.63, 3.8) is 0 Å². The maximum atomic E-state index is 13.7. The predicted molar refractivity (Wildman–Crippen MR) is 225 cm³/mol. The molecule has 0 saturated carbocycles. The third-order valence-corrected chi connectivity index (χ3v) is 11.2. The molecule has 56 heavy (non-hydrogen) atoms. The van der Waals surface area contributed by atoms with Crippen molar-refractivity contribution in [1.82, 2.24) is 19.6 Å². The third-order valence-electron chi connectivity index (χ3n) is 11.2. The first-order chi connectivity index (χ1) is 27.0. The summed E-state index contributed by atoms with van der Waals surface area (Å²) < 4.78 is 0. The maximum absolute atomic E-state index is 13.7. The van der Waals surface area contributed by atoms with E-state index in [4.69, 9.17) is 0 Å². The van der Waals surface area contributed by atoms with Crippen molar-refractivity contribution < 1.29 is 19.2 Å². The fourth-order valence-electron chi connectivity index (χ4n) is 7.70. The van der Waals surface area contributed by atoms with Crippen LogP contribution in [-0.2, 0) is 22.4 Å². The van der Waals surface area contributed by atoms with Crippen LogP contribution in [0.2, 0.25) is 0 Å². The molecule has 2 heterocycles. The number of likely N-dealkylation sites (N-methyl/N-ethyl adjacent to an activating group) is 2. The second-order valence-corrected chi connectivity index (χ2v) is 15.2. The van der Waals surface area contributed by atoms with E-state index >= 15 is 0 Å². The van der Waals surface area contributed by atoms with E-state index in [-0.39, 0.29) is 35.7 Å². The Morgan fingerprint density at radius 3 is 1.27 bits per heavy atom. The molecule has 0 unspecified atom stereocenters. The van der Waals surface area contributed by atoms with Gasteiger partial charge in [-0.05, 0) is 113 Å². The molecule has 4 aromatic carbocycles. The fraction of sp³-hybridized carbons (Fsp3) is 0.348. The van der Waals surface area contributed by atoms with E-state index in [0.717, 1.165) is 35.1 Å². The monoisotopic (exact) mass is 754 g/mol. The average Bonchev–Trinajstić information content (AvgIpc) is 3.88. The van der Waals surface area contributed by atoms with E-state index in [0.29, 0.717) is 48.4 Å². The molecule has 2 N–H and O–H groups in total. The van der Waals surface area contributed by atoms with Gasteiger partial charge < -0.3 is 30.2 Å². The number of carbonyl (C=O) groups excluding carboxylic acids is 4. The van der Waals surface area contributed by atoms with Gasteiger partial charge >= 0.3 is 0 Å². The predicted octanol–water partition coefficient (Wildman–Crippen LogP) is 6.55. The van der Waals surface area contributed by atoms with Crippen LogP contribution in [-0.4, -0.2) is 109 Å². The molecule has 2 aliphatic rings. The lowest BCUT2D eigenvalue weighted by Gasteiger charge is -2.25. The second kappa shape index (κ2) is 17.9. The van der Waals surface area contributed by atoms with Gasteiger partial charge in [0.25, 0.3) is 11.8 Å². The minimum absolute atomic E-state index is 0.0830. The molecule has 4 atom stereocenters. The van der Waals surface area contributed by atoms with Crippen LogP contribution < -0.4 is 10.6 Å². The summed E-state index contributed by atoms with van der Waals surface area (Å²) in [6, 6.07) is 29.5. The molecule has 10 heteroatoms. The quantitative estimate of drug-likeness (QED) is 0.159. The molecule has 0 aromatic heterocycles. The molecule has 0 radical (unpaired) electrons. The standard InChI is InChI=1S/C46H54N6O4/c1-7-33-13-9-11-15-39(33)45(55)51-29-37(49(3)4)27-41(51)43(53)47-35-23-19-31(20-24-35)17-18-32-21-25-36(26-22-32)48-44(54)42-28-38(50(5)6)30-52(42)46(56)40-16-12-10-14-34(40)8-2/h9-26,37-38,41-42H,7-8,27-30H2,1-6H3,(H,47,53)(H,48,54)/t37-,38-,41-,42-/m0/s1. The summed E-state index contributed by atoms with van der Waals surface area (Å²) in [5.41, 5.74) is 6.49. The molecule has 2 saturated heterocycles. The first-order valence-electron chi connectivity index (χ1n) is 19.6. The first kappa shape index (κ1) is 40.1. The van der Waals surface area contributed by atoms with E-state index < -0.39 is 12.1 Å². The van der Waals surface area contributed by atoms with Crippen LogP contribution in [0.3, 0.4) is 0 Å². The van der Waals surface area contributed by atoms with Gasteiger partial charge in [-0.1, -0.05) is 86.7 Å². The van der Waals surface area contributed by atoms with Crippen molar-refractivity contribution in [2.75, 3.05) is 51.9 Å². The molecule has 292 valence electrons. The summed E-state index contributed by atoms with van der Waals surface area (Å²) in [5.74, 6) is -0.609.